The van der Waals surface area contributed by atoms with E-state index < -0.39 is 11.7 Å². The molecule has 144 valence electrons. The Bertz CT molecular complexity index is 1030. The fourth-order valence-corrected chi connectivity index (χ4v) is 3.31. The van der Waals surface area contributed by atoms with Crippen LogP contribution in [0.1, 0.15) is 29.4 Å². The summed E-state index contributed by atoms with van der Waals surface area (Å²) in [6.07, 6.45) is -4.36. The van der Waals surface area contributed by atoms with Crippen molar-refractivity contribution in [2.75, 3.05) is 11.4 Å². The molecule has 1 aromatic heterocycles. The smallest absolute Gasteiger partial charge is 0.339 e. The van der Waals surface area contributed by atoms with Gasteiger partial charge in [0.15, 0.2) is 0 Å². The van der Waals surface area contributed by atoms with Gasteiger partial charge in [0.25, 0.3) is 0 Å². The fourth-order valence-electron chi connectivity index (χ4n) is 3.31. The summed E-state index contributed by atoms with van der Waals surface area (Å²) in [6, 6.07) is 12.3. The number of hydrogen-bond donors (Lipinski definition) is 0. The van der Waals surface area contributed by atoms with Crippen LogP contribution in [-0.2, 0) is 11.0 Å². The molecule has 2 heterocycles. The zero-order valence-electron chi connectivity index (χ0n) is 14.9. The van der Waals surface area contributed by atoms with Gasteiger partial charge < -0.3 is 9.42 Å². The van der Waals surface area contributed by atoms with Gasteiger partial charge in [0, 0.05) is 24.2 Å². The summed E-state index contributed by atoms with van der Waals surface area (Å²) in [6.45, 7) is 2.12. The van der Waals surface area contributed by atoms with Crippen LogP contribution in [0.15, 0.2) is 53.1 Å². The quantitative estimate of drug-likeness (QED) is 0.660. The topological polar surface area (TPSA) is 59.2 Å². The number of anilines is 1. The van der Waals surface area contributed by atoms with E-state index in [1.165, 1.54) is 17.0 Å². The normalized spacial score (nSPS) is 17.4. The van der Waals surface area contributed by atoms with Crippen LogP contribution in [0, 0.1) is 6.92 Å². The molecule has 1 amide bonds. The van der Waals surface area contributed by atoms with Crippen LogP contribution < -0.4 is 4.90 Å². The second-order valence-corrected chi connectivity index (χ2v) is 6.72. The first kappa shape index (κ1) is 18.2. The van der Waals surface area contributed by atoms with Crippen molar-refractivity contribution < 1.29 is 22.5 Å². The minimum absolute atomic E-state index is 0.103. The molecule has 8 heteroatoms. The Morgan fingerprint density at radius 2 is 1.93 bits per heavy atom. The Kier molecular flexibility index (Phi) is 4.41. The number of nitrogens with zero attached hydrogens (tertiary/aromatic N) is 3. The van der Waals surface area contributed by atoms with E-state index in [2.05, 4.69) is 10.1 Å². The Morgan fingerprint density at radius 3 is 2.68 bits per heavy atom. The number of carbonyl (C=O) groups is 1. The van der Waals surface area contributed by atoms with Gasteiger partial charge in [-0.2, -0.15) is 18.2 Å². The number of carbonyl (C=O) groups excluding carboxylic acids is 1. The van der Waals surface area contributed by atoms with Crippen molar-refractivity contribution >= 4 is 11.6 Å². The highest BCUT2D eigenvalue weighted by Gasteiger charge is 2.37. The van der Waals surface area contributed by atoms with Gasteiger partial charge in [-0.1, -0.05) is 35.5 Å². The number of rotatable bonds is 3. The molecule has 0 spiro atoms. The largest absolute Gasteiger partial charge is 0.416 e. The van der Waals surface area contributed by atoms with Gasteiger partial charge in [-0.25, -0.2) is 0 Å². The molecule has 1 unspecified atom stereocenters. The molecule has 28 heavy (non-hydrogen) atoms. The Morgan fingerprint density at radius 1 is 1.14 bits per heavy atom. The van der Waals surface area contributed by atoms with E-state index in [1.54, 1.807) is 0 Å². The van der Waals surface area contributed by atoms with E-state index in [4.69, 9.17) is 4.52 Å². The second kappa shape index (κ2) is 6.78. The van der Waals surface area contributed by atoms with Gasteiger partial charge in [0.05, 0.1) is 11.5 Å². The van der Waals surface area contributed by atoms with Crippen LogP contribution in [0.4, 0.5) is 18.9 Å². The summed E-state index contributed by atoms with van der Waals surface area (Å²) in [7, 11) is 0. The monoisotopic (exact) mass is 387 g/mol. The van der Waals surface area contributed by atoms with Gasteiger partial charge in [-0.05, 0) is 30.7 Å². The first-order valence-corrected chi connectivity index (χ1v) is 8.70. The molecule has 5 nitrogen and oxygen atoms in total. The van der Waals surface area contributed by atoms with E-state index in [0.717, 1.165) is 23.3 Å². The third kappa shape index (κ3) is 3.37. The molecule has 1 aliphatic rings. The predicted molar refractivity (Wildman–Crippen MR) is 95.6 cm³/mol. The number of aromatic nitrogens is 2. The lowest BCUT2D eigenvalue weighted by Crippen LogP contribution is -2.24. The SMILES string of the molecule is Cc1ccccc1-c1noc(C2CC(=O)N(c3cccc(C(F)(F)F)c3)C2)n1. The lowest BCUT2D eigenvalue weighted by atomic mass is 10.1. The van der Waals surface area contributed by atoms with Crippen molar-refractivity contribution in [3.8, 4) is 11.4 Å². The summed E-state index contributed by atoms with van der Waals surface area (Å²) >= 11 is 0. The van der Waals surface area contributed by atoms with E-state index in [9.17, 15) is 18.0 Å². The number of amides is 1. The van der Waals surface area contributed by atoms with Gasteiger partial charge in [-0.15, -0.1) is 0 Å². The van der Waals surface area contributed by atoms with Crippen LogP contribution in [0.25, 0.3) is 11.4 Å². The minimum atomic E-state index is -4.47. The van der Waals surface area contributed by atoms with Crippen LogP contribution in [0.2, 0.25) is 0 Å². The van der Waals surface area contributed by atoms with Crippen molar-refractivity contribution in [1.29, 1.82) is 0 Å². The number of hydrogen-bond acceptors (Lipinski definition) is 4. The zero-order valence-corrected chi connectivity index (χ0v) is 14.9. The molecule has 4 rings (SSSR count). The van der Waals surface area contributed by atoms with Crippen LogP contribution in [0.5, 0.6) is 0 Å². The van der Waals surface area contributed by atoms with Crippen molar-refractivity contribution in [2.24, 2.45) is 0 Å². The summed E-state index contributed by atoms with van der Waals surface area (Å²) in [5.41, 5.74) is 1.24. The van der Waals surface area contributed by atoms with Crippen LogP contribution >= 0.6 is 0 Å². The fraction of sp³-hybridized carbons (Fsp3) is 0.250. The molecule has 1 aliphatic heterocycles. The number of aryl methyl sites for hydroxylation is 1. The highest BCUT2D eigenvalue weighted by molar-refractivity contribution is 5.96. The second-order valence-electron chi connectivity index (χ2n) is 6.72. The lowest BCUT2D eigenvalue weighted by Gasteiger charge is -2.17. The molecule has 3 aromatic rings. The maximum Gasteiger partial charge on any atom is 0.416 e. The minimum Gasteiger partial charge on any atom is -0.339 e. The van der Waals surface area contributed by atoms with E-state index in [0.29, 0.717) is 11.7 Å². The summed E-state index contributed by atoms with van der Waals surface area (Å²) < 4.78 is 44.2. The molecular formula is C20H16F3N3O2. The van der Waals surface area contributed by atoms with E-state index in [1.807, 2.05) is 31.2 Å². The number of halogens is 3. The molecular weight excluding hydrogens is 371 g/mol. The molecule has 0 N–H and O–H groups in total. The third-order valence-corrected chi connectivity index (χ3v) is 4.79. The lowest BCUT2D eigenvalue weighted by molar-refractivity contribution is -0.137. The first-order chi connectivity index (χ1) is 13.3. The summed E-state index contributed by atoms with van der Waals surface area (Å²) in [4.78, 5) is 18.1. The molecule has 1 fully saturated rings. The van der Waals surface area contributed by atoms with Crippen LogP contribution in [-0.4, -0.2) is 22.6 Å². The Balaban J connectivity index is 1.57. The Hall–Kier alpha value is -3.16. The number of benzene rings is 2. The standard InChI is InChI=1S/C20H16F3N3O2/c1-12-5-2-3-8-16(12)18-24-19(28-25-18)13-9-17(27)26(11-13)15-7-4-6-14(10-15)20(21,22)23/h2-8,10,13H,9,11H2,1H3. The Labute approximate surface area is 158 Å². The van der Waals surface area contributed by atoms with Crippen molar-refractivity contribution in [1.82, 2.24) is 10.1 Å². The average molecular weight is 387 g/mol. The van der Waals surface area contributed by atoms with Crippen molar-refractivity contribution in [2.45, 2.75) is 25.4 Å². The maximum atomic E-state index is 13.0. The van der Waals surface area contributed by atoms with Gasteiger partial charge in [0.2, 0.25) is 17.6 Å². The molecule has 0 aliphatic carbocycles. The van der Waals surface area contributed by atoms with Gasteiger partial charge >= 0.3 is 6.18 Å². The van der Waals surface area contributed by atoms with Crippen LogP contribution in [0.3, 0.4) is 0 Å². The predicted octanol–water partition coefficient (Wildman–Crippen LogP) is 4.58. The highest BCUT2D eigenvalue weighted by Crippen LogP contribution is 2.35. The van der Waals surface area contributed by atoms with Gasteiger partial charge in [-0.3, -0.25) is 4.79 Å². The van der Waals surface area contributed by atoms with E-state index in [-0.39, 0.29) is 30.5 Å². The average Bonchev–Trinajstić information content (AvgIpc) is 3.28. The maximum absolute atomic E-state index is 13.0. The molecule has 0 saturated carbocycles. The highest BCUT2D eigenvalue weighted by atomic mass is 19.4. The molecule has 1 atom stereocenters. The number of alkyl halides is 3. The third-order valence-electron chi connectivity index (χ3n) is 4.79. The molecule has 0 radical (unpaired) electrons. The van der Waals surface area contributed by atoms with Crippen molar-refractivity contribution in [3.63, 3.8) is 0 Å². The van der Waals surface area contributed by atoms with Crippen molar-refractivity contribution in [3.05, 3.63) is 65.5 Å². The zero-order chi connectivity index (χ0) is 19.9. The summed E-state index contributed by atoms with van der Waals surface area (Å²) in [5, 5.41) is 4.00. The molecule has 1 saturated heterocycles. The summed E-state index contributed by atoms with van der Waals surface area (Å²) in [5.74, 6) is 0.0893. The van der Waals surface area contributed by atoms with Gasteiger partial charge in [0.1, 0.15) is 0 Å². The molecule has 0 bridgehead atoms. The molecule has 2 aromatic carbocycles. The first-order valence-electron chi connectivity index (χ1n) is 8.70. The van der Waals surface area contributed by atoms with E-state index >= 15 is 0 Å².